The fourth-order valence-electron chi connectivity index (χ4n) is 8.61. The van der Waals surface area contributed by atoms with Crippen LogP contribution in [0.3, 0.4) is 0 Å². The van der Waals surface area contributed by atoms with Gasteiger partial charge in [0.1, 0.15) is 11.2 Å². The molecule has 0 aliphatic carbocycles. The number of benzene rings is 9. The molecule has 0 radical (unpaired) electrons. The van der Waals surface area contributed by atoms with Crippen LogP contribution in [-0.2, 0) is 0 Å². The highest BCUT2D eigenvalue weighted by Crippen LogP contribution is 2.41. The third-order valence-electron chi connectivity index (χ3n) is 11.4. The molecule has 2 heterocycles. The minimum absolute atomic E-state index is 0.119. The molecule has 0 saturated heterocycles. The molecule has 3 nitrogen and oxygen atoms in total. The largest absolute Gasteiger partial charge is 0.456 e. The molecule has 1 aliphatic rings. The molecule has 1 aromatic heterocycles. The molecule has 0 amide bonds. The number of rotatable bonds is 6. The molecule has 0 bridgehead atoms. The summed E-state index contributed by atoms with van der Waals surface area (Å²) in [7, 11) is 0. The Hall–Kier alpha value is -7.36. The Morgan fingerprint density at radius 1 is 0.404 bits per heavy atom. The molecule has 268 valence electrons. The van der Waals surface area contributed by atoms with E-state index in [2.05, 4.69) is 200 Å². The number of amidine groups is 1. The van der Waals surface area contributed by atoms with Gasteiger partial charge in [-0.05, 0) is 90.3 Å². The zero-order valence-electron chi connectivity index (χ0n) is 31.1. The average Bonchev–Trinajstić information content (AvgIpc) is 3.67. The number of nitrogens with zero attached hydrogens (tertiary/aromatic N) is 2. The average molecular weight is 729 g/mol. The molecular formula is C54H36N2O. The molecule has 57 heavy (non-hydrogen) atoms. The van der Waals surface area contributed by atoms with Crippen LogP contribution in [0.4, 0.5) is 0 Å². The van der Waals surface area contributed by atoms with Crippen molar-refractivity contribution in [2.75, 3.05) is 0 Å². The SMILES string of the molecule is c1ccc(-c2ccc(C3=NC(c4cc5oc6ccc(-c7cccc(-c8ccccc8)c7)cc6c5c5ccccc45)=NC(c4cccc5ccccc45)C3)cc2)cc1. The Morgan fingerprint density at radius 2 is 0.965 bits per heavy atom. The van der Waals surface area contributed by atoms with Crippen molar-refractivity contribution >= 4 is 55.0 Å². The van der Waals surface area contributed by atoms with Gasteiger partial charge in [-0.1, -0.05) is 176 Å². The van der Waals surface area contributed by atoms with Crippen molar-refractivity contribution in [3.8, 4) is 33.4 Å². The zero-order chi connectivity index (χ0) is 37.7. The van der Waals surface area contributed by atoms with Crippen LogP contribution in [0, 0.1) is 0 Å². The summed E-state index contributed by atoms with van der Waals surface area (Å²) in [6.07, 6.45) is 0.696. The van der Waals surface area contributed by atoms with Crippen molar-refractivity contribution < 1.29 is 4.42 Å². The number of fused-ring (bicyclic) bond motifs is 6. The van der Waals surface area contributed by atoms with E-state index in [4.69, 9.17) is 14.4 Å². The molecule has 9 aromatic carbocycles. The lowest BCUT2D eigenvalue weighted by molar-refractivity contribution is 0.669. The molecule has 0 N–H and O–H groups in total. The molecule has 0 saturated carbocycles. The van der Waals surface area contributed by atoms with Crippen LogP contribution in [0.2, 0.25) is 0 Å². The molecule has 1 unspecified atom stereocenters. The quantitative estimate of drug-likeness (QED) is 0.168. The van der Waals surface area contributed by atoms with Crippen LogP contribution in [0.1, 0.15) is 29.2 Å². The van der Waals surface area contributed by atoms with E-state index in [1.165, 1.54) is 44.2 Å². The van der Waals surface area contributed by atoms with Gasteiger partial charge in [0, 0.05) is 22.8 Å². The van der Waals surface area contributed by atoms with Crippen molar-refractivity contribution in [1.29, 1.82) is 0 Å². The Morgan fingerprint density at radius 3 is 1.75 bits per heavy atom. The number of hydrogen-bond acceptors (Lipinski definition) is 3. The predicted molar refractivity (Wildman–Crippen MR) is 238 cm³/mol. The standard InChI is InChI=1S/C54H36N2O/c1-3-13-35(14-4-1)37-25-27-39(28-26-37)49-34-50(45-24-12-18-38-17-7-8-21-43(38)45)56-54(55-49)47-33-52-53(46-23-10-9-22-44(46)47)48-32-42(29-30-51(48)57-52)41-20-11-19-40(31-41)36-15-5-2-6-16-36/h1-33,50H,34H2. The lowest BCUT2D eigenvalue weighted by Crippen LogP contribution is -2.18. The summed E-state index contributed by atoms with van der Waals surface area (Å²) >= 11 is 0. The lowest BCUT2D eigenvalue weighted by atomic mass is 9.91. The lowest BCUT2D eigenvalue weighted by Gasteiger charge is -2.23. The van der Waals surface area contributed by atoms with E-state index in [0.717, 1.165) is 60.9 Å². The van der Waals surface area contributed by atoms with Crippen molar-refractivity contribution in [3.05, 3.63) is 217 Å². The Balaban J connectivity index is 1.07. The third kappa shape index (κ3) is 5.92. The summed E-state index contributed by atoms with van der Waals surface area (Å²) < 4.78 is 6.71. The van der Waals surface area contributed by atoms with E-state index in [9.17, 15) is 0 Å². The van der Waals surface area contributed by atoms with Gasteiger partial charge < -0.3 is 4.42 Å². The van der Waals surface area contributed by atoms with Crippen LogP contribution < -0.4 is 0 Å². The summed E-state index contributed by atoms with van der Waals surface area (Å²) in [5.74, 6) is 0.721. The first kappa shape index (κ1) is 33.0. The summed E-state index contributed by atoms with van der Waals surface area (Å²) in [5, 5.41) is 6.85. The maximum Gasteiger partial charge on any atom is 0.156 e. The molecule has 1 atom stereocenters. The van der Waals surface area contributed by atoms with Gasteiger partial charge in [-0.2, -0.15) is 0 Å². The first-order valence-corrected chi connectivity index (χ1v) is 19.6. The number of aliphatic imine (C=N–C) groups is 2. The normalized spacial score (nSPS) is 14.3. The van der Waals surface area contributed by atoms with Crippen molar-refractivity contribution in [2.45, 2.75) is 12.5 Å². The topological polar surface area (TPSA) is 37.9 Å². The molecule has 3 heteroatoms. The van der Waals surface area contributed by atoms with Crippen LogP contribution in [0.25, 0.3) is 76.9 Å². The second-order valence-corrected chi connectivity index (χ2v) is 14.8. The summed E-state index contributed by atoms with van der Waals surface area (Å²) in [5.41, 5.74) is 13.1. The van der Waals surface area contributed by atoms with Crippen LogP contribution in [0.15, 0.2) is 215 Å². The Bertz CT molecular complexity index is 3190. The minimum Gasteiger partial charge on any atom is -0.456 e. The van der Waals surface area contributed by atoms with Crippen LogP contribution in [-0.4, -0.2) is 11.5 Å². The van der Waals surface area contributed by atoms with Gasteiger partial charge in [0.15, 0.2) is 5.84 Å². The van der Waals surface area contributed by atoms with E-state index in [1.54, 1.807) is 0 Å². The van der Waals surface area contributed by atoms with E-state index in [-0.39, 0.29) is 6.04 Å². The van der Waals surface area contributed by atoms with Gasteiger partial charge in [-0.3, -0.25) is 4.99 Å². The van der Waals surface area contributed by atoms with Gasteiger partial charge in [0.25, 0.3) is 0 Å². The highest BCUT2D eigenvalue weighted by Gasteiger charge is 2.26. The first-order chi connectivity index (χ1) is 28.2. The molecule has 1 aliphatic heterocycles. The maximum absolute atomic E-state index is 6.71. The highest BCUT2D eigenvalue weighted by molar-refractivity contribution is 6.26. The molecular weight excluding hydrogens is 693 g/mol. The fraction of sp³-hybridized carbons (Fsp3) is 0.0370. The monoisotopic (exact) mass is 728 g/mol. The van der Waals surface area contributed by atoms with Gasteiger partial charge in [-0.25, -0.2) is 4.99 Å². The van der Waals surface area contributed by atoms with Crippen molar-refractivity contribution in [3.63, 3.8) is 0 Å². The summed E-state index contributed by atoms with van der Waals surface area (Å²) in [4.78, 5) is 10.9. The third-order valence-corrected chi connectivity index (χ3v) is 11.4. The second kappa shape index (κ2) is 13.7. The van der Waals surface area contributed by atoms with E-state index >= 15 is 0 Å². The number of furan rings is 1. The molecule has 10 aromatic rings. The fourth-order valence-corrected chi connectivity index (χ4v) is 8.61. The summed E-state index contributed by atoms with van der Waals surface area (Å²) in [6.45, 7) is 0. The zero-order valence-corrected chi connectivity index (χ0v) is 31.1. The molecule has 0 fully saturated rings. The predicted octanol–water partition coefficient (Wildman–Crippen LogP) is 14.3. The summed E-state index contributed by atoms with van der Waals surface area (Å²) in [6, 6.07) is 71.0. The van der Waals surface area contributed by atoms with Gasteiger partial charge in [0.2, 0.25) is 0 Å². The van der Waals surface area contributed by atoms with Crippen molar-refractivity contribution in [2.24, 2.45) is 9.98 Å². The van der Waals surface area contributed by atoms with Crippen LogP contribution >= 0.6 is 0 Å². The first-order valence-electron chi connectivity index (χ1n) is 19.6. The Kier molecular flexibility index (Phi) is 7.96. The van der Waals surface area contributed by atoms with E-state index < -0.39 is 0 Å². The molecule has 0 spiro atoms. The van der Waals surface area contributed by atoms with Gasteiger partial charge in [0.05, 0.1) is 11.8 Å². The number of hydrogen-bond donors (Lipinski definition) is 0. The van der Waals surface area contributed by atoms with Crippen LogP contribution in [0.5, 0.6) is 0 Å². The van der Waals surface area contributed by atoms with E-state index in [0.29, 0.717) is 6.42 Å². The smallest absolute Gasteiger partial charge is 0.156 e. The Labute approximate surface area is 330 Å². The highest BCUT2D eigenvalue weighted by atomic mass is 16.3. The van der Waals surface area contributed by atoms with E-state index in [1.807, 2.05) is 0 Å². The second-order valence-electron chi connectivity index (χ2n) is 14.8. The molecule has 11 rings (SSSR count). The van der Waals surface area contributed by atoms with Gasteiger partial charge >= 0.3 is 0 Å². The minimum atomic E-state index is -0.119. The van der Waals surface area contributed by atoms with Gasteiger partial charge in [-0.15, -0.1) is 0 Å². The van der Waals surface area contributed by atoms with Crippen molar-refractivity contribution in [1.82, 2.24) is 0 Å². The maximum atomic E-state index is 6.71.